The van der Waals surface area contributed by atoms with Crippen molar-refractivity contribution in [3.05, 3.63) is 70.1 Å². The minimum absolute atomic E-state index is 0.00625. The Bertz CT molecular complexity index is 1580. The van der Waals surface area contributed by atoms with Crippen molar-refractivity contribution in [1.82, 2.24) is 24.0 Å². The predicted molar refractivity (Wildman–Crippen MR) is 154 cm³/mol. The van der Waals surface area contributed by atoms with Crippen molar-refractivity contribution in [2.75, 3.05) is 44.2 Å². The summed E-state index contributed by atoms with van der Waals surface area (Å²) in [6, 6.07) is 7.76. The monoisotopic (exact) mass is 588 g/mol. The number of aromatic nitrogens is 3. The summed E-state index contributed by atoms with van der Waals surface area (Å²) in [5.74, 6) is 0.606. The molecule has 4 heterocycles. The molecule has 0 bridgehead atoms. The zero-order chi connectivity index (χ0) is 28.6. The lowest BCUT2D eigenvalue weighted by molar-refractivity contribution is -0.139. The second-order valence-electron chi connectivity index (χ2n) is 10.4. The van der Waals surface area contributed by atoms with Crippen LogP contribution in [0.1, 0.15) is 23.7 Å². The number of rotatable bonds is 8. The van der Waals surface area contributed by atoms with Gasteiger partial charge in [0.25, 0.3) is 5.56 Å². The molecule has 2 unspecified atom stereocenters. The van der Waals surface area contributed by atoms with E-state index in [0.717, 1.165) is 37.1 Å². The number of hydrogen-bond acceptors (Lipinski definition) is 7. The highest BCUT2D eigenvalue weighted by Gasteiger charge is 2.41. The first-order valence-electron chi connectivity index (χ1n) is 13.2. The molecule has 13 heteroatoms. The number of hydrogen-bond donors (Lipinski definition) is 2. The summed E-state index contributed by atoms with van der Waals surface area (Å²) in [4.78, 5) is 31.7. The fourth-order valence-corrected chi connectivity index (χ4v) is 7.55. The summed E-state index contributed by atoms with van der Waals surface area (Å²) in [5.41, 5.74) is 1.05. The Morgan fingerprint density at radius 1 is 1.23 bits per heavy atom. The van der Waals surface area contributed by atoms with Crippen LogP contribution in [0.5, 0.6) is 0 Å². The van der Waals surface area contributed by atoms with Crippen LogP contribution in [0.3, 0.4) is 0 Å². The minimum Gasteiger partial charge on any atom is -0.394 e. The van der Waals surface area contributed by atoms with Gasteiger partial charge < -0.3 is 19.9 Å². The molecule has 1 amide bonds. The van der Waals surface area contributed by atoms with Crippen LogP contribution in [0.4, 0.5) is 5.82 Å². The molecule has 2 saturated heterocycles. The standard InChI is InChI=1S/C27H33ClN6O5S/c1-3-24(19-4-5-21-22(28)13-29-23(21)12-19)40(38,39)33-15-20(17-35)34(27(37)16-33)14-18-8-10-32(11-9-18)25-6-7-26(36)31(2)30-25/h3-7,12-13,18,20,24,29,35H,1,8-11,14-17H2,2H3. The van der Waals surface area contributed by atoms with Gasteiger partial charge in [-0.2, -0.15) is 9.40 Å². The van der Waals surface area contributed by atoms with Crippen LogP contribution >= 0.6 is 11.6 Å². The number of aliphatic hydroxyl groups excluding tert-OH is 1. The highest BCUT2D eigenvalue weighted by molar-refractivity contribution is 7.89. The van der Waals surface area contributed by atoms with Crippen molar-refractivity contribution in [1.29, 1.82) is 0 Å². The number of H-pyrrole nitrogens is 1. The van der Waals surface area contributed by atoms with Crippen LogP contribution in [-0.4, -0.2) is 88.8 Å². The highest BCUT2D eigenvalue weighted by atomic mass is 35.5. The summed E-state index contributed by atoms with van der Waals surface area (Å²) in [5, 5.41) is 14.8. The molecule has 40 heavy (non-hydrogen) atoms. The van der Waals surface area contributed by atoms with Gasteiger partial charge in [-0.1, -0.05) is 29.8 Å². The van der Waals surface area contributed by atoms with Gasteiger partial charge in [-0.15, -0.1) is 6.58 Å². The van der Waals surface area contributed by atoms with E-state index >= 15 is 0 Å². The average molecular weight is 589 g/mol. The minimum atomic E-state index is -3.99. The van der Waals surface area contributed by atoms with E-state index in [-0.39, 0.29) is 37.1 Å². The van der Waals surface area contributed by atoms with E-state index in [1.54, 1.807) is 42.4 Å². The molecule has 0 radical (unpaired) electrons. The number of sulfonamides is 1. The van der Waals surface area contributed by atoms with Crippen LogP contribution in [0.15, 0.2) is 54.0 Å². The number of aromatic amines is 1. The number of carbonyl (C=O) groups excluding carboxylic acids is 1. The maximum absolute atomic E-state index is 13.7. The van der Waals surface area contributed by atoms with Crippen molar-refractivity contribution in [2.24, 2.45) is 13.0 Å². The molecular formula is C27H33ClN6O5S. The van der Waals surface area contributed by atoms with Gasteiger partial charge in [0.1, 0.15) is 11.1 Å². The molecule has 2 aliphatic heterocycles. The topological polar surface area (TPSA) is 132 Å². The Hall–Kier alpha value is -3.19. The molecule has 11 nitrogen and oxygen atoms in total. The van der Waals surface area contributed by atoms with Crippen LogP contribution < -0.4 is 10.5 Å². The van der Waals surface area contributed by atoms with E-state index in [1.807, 2.05) is 0 Å². The Morgan fingerprint density at radius 3 is 2.65 bits per heavy atom. The molecule has 0 aliphatic carbocycles. The Balaban J connectivity index is 1.25. The zero-order valence-electron chi connectivity index (χ0n) is 22.2. The first-order chi connectivity index (χ1) is 19.1. The fourth-order valence-electron chi connectivity index (χ4n) is 5.60. The lowest BCUT2D eigenvalue weighted by Crippen LogP contribution is -2.60. The number of aliphatic hydroxyl groups is 1. The second kappa shape index (κ2) is 11.4. The Morgan fingerprint density at radius 2 is 1.98 bits per heavy atom. The fraction of sp³-hybridized carbons (Fsp3) is 0.444. The number of fused-ring (bicyclic) bond motifs is 1. The molecule has 0 spiro atoms. The lowest BCUT2D eigenvalue weighted by Gasteiger charge is -2.43. The zero-order valence-corrected chi connectivity index (χ0v) is 23.8. The first kappa shape index (κ1) is 28.3. The number of benzene rings is 1. The molecule has 2 atom stereocenters. The third-order valence-corrected chi connectivity index (χ3v) is 10.3. The summed E-state index contributed by atoms with van der Waals surface area (Å²) >= 11 is 6.17. The largest absolute Gasteiger partial charge is 0.394 e. The van der Waals surface area contributed by atoms with Crippen molar-refractivity contribution in [2.45, 2.75) is 24.1 Å². The number of anilines is 1. The number of piperidine rings is 1. The van der Waals surface area contributed by atoms with Crippen molar-refractivity contribution >= 4 is 44.3 Å². The number of nitrogens with zero attached hydrogens (tertiary/aromatic N) is 5. The van der Waals surface area contributed by atoms with E-state index in [0.29, 0.717) is 22.6 Å². The third-order valence-electron chi connectivity index (χ3n) is 7.92. The molecule has 1 aromatic carbocycles. The summed E-state index contributed by atoms with van der Waals surface area (Å²) in [6.45, 7) is 5.02. The molecular weight excluding hydrogens is 556 g/mol. The molecule has 5 rings (SSSR count). The van der Waals surface area contributed by atoms with Gasteiger partial charge in [-0.3, -0.25) is 9.59 Å². The van der Waals surface area contributed by atoms with Crippen molar-refractivity contribution < 1.29 is 18.3 Å². The van der Waals surface area contributed by atoms with E-state index in [4.69, 9.17) is 11.6 Å². The maximum atomic E-state index is 13.7. The maximum Gasteiger partial charge on any atom is 0.266 e. The van der Waals surface area contributed by atoms with E-state index < -0.39 is 21.3 Å². The van der Waals surface area contributed by atoms with Gasteiger partial charge in [0, 0.05) is 56.4 Å². The second-order valence-corrected chi connectivity index (χ2v) is 12.9. The van der Waals surface area contributed by atoms with E-state index in [1.165, 1.54) is 21.1 Å². The smallest absolute Gasteiger partial charge is 0.266 e. The average Bonchev–Trinajstić information content (AvgIpc) is 3.31. The van der Waals surface area contributed by atoms with Gasteiger partial charge in [0.2, 0.25) is 15.9 Å². The summed E-state index contributed by atoms with van der Waals surface area (Å²) in [6.07, 6.45) is 4.61. The normalized spacial score (nSPS) is 20.3. The molecule has 2 N–H and O–H groups in total. The van der Waals surface area contributed by atoms with Gasteiger partial charge in [-0.05, 0) is 36.5 Å². The molecule has 2 aliphatic rings. The molecule has 2 fully saturated rings. The van der Waals surface area contributed by atoms with E-state index in [2.05, 4.69) is 21.6 Å². The van der Waals surface area contributed by atoms with Crippen LogP contribution in [-0.2, 0) is 21.9 Å². The first-order valence-corrected chi connectivity index (χ1v) is 15.1. The van der Waals surface area contributed by atoms with Gasteiger partial charge in [0.05, 0.1) is 24.2 Å². The van der Waals surface area contributed by atoms with Crippen LogP contribution in [0.2, 0.25) is 5.02 Å². The number of halogens is 1. The number of carbonyl (C=O) groups is 1. The van der Waals surface area contributed by atoms with E-state index in [9.17, 15) is 23.1 Å². The number of nitrogens with one attached hydrogen (secondary N) is 1. The SMILES string of the molecule is C=CC(c1ccc2c(Cl)c[nH]c2c1)S(=O)(=O)N1CC(=O)N(CC2CCN(c3ccc(=O)n(C)n3)CC2)C(CO)C1. The number of aryl methyl sites for hydroxylation is 1. The molecule has 0 saturated carbocycles. The third kappa shape index (κ3) is 5.40. The van der Waals surface area contributed by atoms with Crippen LogP contribution in [0.25, 0.3) is 10.9 Å². The number of amides is 1. The van der Waals surface area contributed by atoms with Gasteiger partial charge in [0.15, 0.2) is 0 Å². The van der Waals surface area contributed by atoms with Crippen molar-refractivity contribution in [3.63, 3.8) is 0 Å². The van der Waals surface area contributed by atoms with Crippen LogP contribution in [0, 0.1) is 5.92 Å². The lowest BCUT2D eigenvalue weighted by atomic mass is 9.95. The van der Waals surface area contributed by atoms with Crippen molar-refractivity contribution in [3.8, 4) is 0 Å². The number of piperazine rings is 1. The highest BCUT2D eigenvalue weighted by Crippen LogP contribution is 2.33. The predicted octanol–water partition coefficient (Wildman–Crippen LogP) is 1.89. The van der Waals surface area contributed by atoms with Gasteiger partial charge in [-0.25, -0.2) is 13.1 Å². The Labute approximate surface area is 237 Å². The summed E-state index contributed by atoms with van der Waals surface area (Å²) < 4.78 is 29.9. The molecule has 3 aromatic rings. The summed E-state index contributed by atoms with van der Waals surface area (Å²) in [7, 11) is -2.38. The molecule has 214 valence electrons. The Kier molecular flexibility index (Phi) is 8.05. The molecule has 2 aromatic heterocycles. The quantitative estimate of drug-likeness (QED) is 0.384. The van der Waals surface area contributed by atoms with Gasteiger partial charge >= 0.3 is 0 Å².